The molecule has 0 atom stereocenters. The first-order valence-corrected chi connectivity index (χ1v) is 5.67. The number of nitrogen functional groups attached to an aromatic ring is 1. The molecule has 19 heavy (non-hydrogen) atoms. The summed E-state index contributed by atoms with van der Waals surface area (Å²) >= 11 is 0. The van der Waals surface area contributed by atoms with Crippen LogP contribution in [0.3, 0.4) is 0 Å². The number of hydrogen-bond donors (Lipinski definition) is 2. The molecule has 2 rings (SSSR count). The molecule has 2 aromatic rings. The lowest BCUT2D eigenvalue weighted by molar-refractivity contribution is -0.137. The molecule has 2 aromatic carbocycles. The number of aryl methyl sites for hydroxylation is 1. The minimum absolute atomic E-state index is 0.585. The Morgan fingerprint density at radius 1 is 1.00 bits per heavy atom. The van der Waals surface area contributed by atoms with Crippen LogP contribution in [0, 0.1) is 6.92 Å². The highest BCUT2D eigenvalue weighted by atomic mass is 19.4. The van der Waals surface area contributed by atoms with Crippen LogP contribution in [0.4, 0.5) is 30.2 Å². The first-order valence-electron chi connectivity index (χ1n) is 5.67. The number of nitrogens with one attached hydrogen (secondary N) is 1. The predicted octanol–water partition coefficient (Wildman–Crippen LogP) is 4.34. The Bertz CT molecular complexity index is 574. The Balaban J connectivity index is 2.22. The normalized spacial score (nSPS) is 11.4. The summed E-state index contributed by atoms with van der Waals surface area (Å²) in [5.74, 6) is 0. The van der Waals surface area contributed by atoms with Gasteiger partial charge in [-0.3, -0.25) is 0 Å². The fourth-order valence-electron chi connectivity index (χ4n) is 1.67. The van der Waals surface area contributed by atoms with Gasteiger partial charge in [0.05, 0.1) is 5.56 Å². The van der Waals surface area contributed by atoms with Crippen LogP contribution >= 0.6 is 0 Å². The van der Waals surface area contributed by atoms with Gasteiger partial charge in [-0.25, -0.2) is 0 Å². The van der Waals surface area contributed by atoms with Crippen molar-refractivity contribution >= 4 is 17.1 Å². The van der Waals surface area contributed by atoms with Gasteiger partial charge in [-0.2, -0.15) is 13.2 Å². The van der Waals surface area contributed by atoms with Crippen LogP contribution in [0.5, 0.6) is 0 Å². The highest BCUT2D eigenvalue weighted by molar-refractivity contribution is 5.67. The van der Waals surface area contributed by atoms with E-state index in [9.17, 15) is 13.2 Å². The molecule has 0 aliphatic heterocycles. The van der Waals surface area contributed by atoms with Gasteiger partial charge in [0.2, 0.25) is 0 Å². The van der Waals surface area contributed by atoms with Crippen molar-refractivity contribution in [2.24, 2.45) is 0 Å². The van der Waals surface area contributed by atoms with Crippen LogP contribution < -0.4 is 11.1 Å². The maximum Gasteiger partial charge on any atom is 0.416 e. The van der Waals surface area contributed by atoms with Gasteiger partial charge in [0.1, 0.15) is 0 Å². The van der Waals surface area contributed by atoms with Crippen LogP contribution in [-0.2, 0) is 6.18 Å². The van der Waals surface area contributed by atoms with Gasteiger partial charge in [-0.15, -0.1) is 0 Å². The van der Waals surface area contributed by atoms with Gasteiger partial charge in [0.15, 0.2) is 0 Å². The van der Waals surface area contributed by atoms with Crippen molar-refractivity contribution in [2.75, 3.05) is 11.1 Å². The standard InChI is InChI=1S/C14H13F3N2/c1-9-2-5-11(18)8-13(9)19-12-6-3-10(4-7-12)14(15,16)17/h2-8,19H,18H2,1H3. The number of halogens is 3. The van der Waals surface area contributed by atoms with Crippen molar-refractivity contribution in [1.82, 2.24) is 0 Å². The molecule has 0 fully saturated rings. The minimum Gasteiger partial charge on any atom is -0.399 e. The second-order valence-electron chi connectivity index (χ2n) is 4.27. The number of hydrogen-bond acceptors (Lipinski definition) is 2. The zero-order valence-electron chi connectivity index (χ0n) is 10.3. The van der Waals surface area contributed by atoms with Gasteiger partial charge in [-0.1, -0.05) is 6.07 Å². The van der Waals surface area contributed by atoms with Gasteiger partial charge >= 0.3 is 6.18 Å². The van der Waals surface area contributed by atoms with E-state index >= 15 is 0 Å². The van der Waals surface area contributed by atoms with Crippen molar-refractivity contribution in [3.05, 3.63) is 53.6 Å². The molecule has 5 heteroatoms. The van der Waals surface area contributed by atoms with Gasteiger partial charge in [0, 0.05) is 17.1 Å². The topological polar surface area (TPSA) is 38.0 Å². The quantitative estimate of drug-likeness (QED) is 0.793. The van der Waals surface area contributed by atoms with Gasteiger partial charge in [0.25, 0.3) is 0 Å². The highest BCUT2D eigenvalue weighted by Gasteiger charge is 2.29. The fourth-order valence-corrected chi connectivity index (χ4v) is 1.67. The van der Waals surface area contributed by atoms with E-state index in [4.69, 9.17) is 5.73 Å². The van der Waals surface area contributed by atoms with E-state index < -0.39 is 11.7 Å². The largest absolute Gasteiger partial charge is 0.416 e. The molecule has 0 aliphatic rings. The Kier molecular flexibility index (Phi) is 3.38. The molecule has 0 spiro atoms. The van der Waals surface area contributed by atoms with Crippen LogP contribution in [0.1, 0.15) is 11.1 Å². The average Bonchev–Trinajstić information content (AvgIpc) is 2.33. The second-order valence-corrected chi connectivity index (χ2v) is 4.27. The molecule has 0 unspecified atom stereocenters. The Morgan fingerprint density at radius 3 is 2.21 bits per heavy atom. The molecule has 0 aromatic heterocycles. The highest BCUT2D eigenvalue weighted by Crippen LogP contribution is 2.30. The molecule has 100 valence electrons. The van der Waals surface area contributed by atoms with Crippen molar-refractivity contribution in [3.8, 4) is 0 Å². The third-order valence-electron chi connectivity index (χ3n) is 2.75. The number of alkyl halides is 3. The Labute approximate surface area is 109 Å². The van der Waals surface area contributed by atoms with Crippen molar-refractivity contribution < 1.29 is 13.2 Å². The lowest BCUT2D eigenvalue weighted by Crippen LogP contribution is -2.04. The summed E-state index contributed by atoms with van der Waals surface area (Å²) in [6.45, 7) is 1.89. The summed E-state index contributed by atoms with van der Waals surface area (Å²) in [5, 5.41) is 3.04. The van der Waals surface area contributed by atoms with Crippen LogP contribution in [0.15, 0.2) is 42.5 Å². The molecule has 0 saturated heterocycles. The minimum atomic E-state index is -4.31. The van der Waals surface area contributed by atoms with Crippen molar-refractivity contribution in [1.29, 1.82) is 0 Å². The van der Waals surface area contributed by atoms with Crippen LogP contribution in [-0.4, -0.2) is 0 Å². The number of anilines is 3. The lowest BCUT2D eigenvalue weighted by atomic mass is 10.1. The van der Waals surface area contributed by atoms with E-state index in [2.05, 4.69) is 5.32 Å². The van der Waals surface area contributed by atoms with Crippen LogP contribution in [0.25, 0.3) is 0 Å². The maximum atomic E-state index is 12.4. The molecule has 2 nitrogen and oxygen atoms in total. The van der Waals surface area contributed by atoms with E-state index in [0.717, 1.165) is 23.4 Å². The monoisotopic (exact) mass is 266 g/mol. The number of nitrogens with two attached hydrogens (primary N) is 1. The van der Waals surface area contributed by atoms with Crippen LogP contribution in [0.2, 0.25) is 0 Å². The summed E-state index contributed by atoms with van der Waals surface area (Å²) in [6.07, 6.45) is -4.31. The number of rotatable bonds is 2. The van der Waals surface area contributed by atoms with Gasteiger partial charge < -0.3 is 11.1 Å². The third-order valence-corrected chi connectivity index (χ3v) is 2.75. The molecule has 0 saturated carbocycles. The summed E-state index contributed by atoms with van der Waals surface area (Å²) in [6, 6.07) is 10.2. The maximum absolute atomic E-state index is 12.4. The summed E-state index contributed by atoms with van der Waals surface area (Å²) < 4.78 is 37.3. The molecule has 0 aliphatic carbocycles. The predicted molar refractivity (Wildman–Crippen MR) is 70.3 cm³/mol. The Morgan fingerprint density at radius 2 is 1.63 bits per heavy atom. The van der Waals surface area contributed by atoms with E-state index in [1.54, 1.807) is 12.1 Å². The smallest absolute Gasteiger partial charge is 0.399 e. The van der Waals surface area contributed by atoms with Crippen molar-refractivity contribution in [3.63, 3.8) is 0 Å². The first kappa shape index (κ1) is 13.3. The van der Waals surface area contributed by atoms with E-state index in [0.29, 0.717) is 11.4 Å². The molecular formula is C14H13F3N2. The zero-order valence-corrected chi connectivity index (χ0v) is 10.3. The molecule has 3 N–H and O–H groups in total. The third kappa shape index (κ3) is 3.19. The SMILES string of the molecule is Cc1ccc(N)cc1Nc1ccc(C(F)(F)F)cc1. The lowest BCUT2D eigenvalue weighted by Gasteiger charge is -2.12. The Hall–Kier alpha value is -2.17. The fraction of sp³-hybridized carbons (Fsp3) is 0.143. The summed E-state index contributed by atoms with van der Waals surface area (Å²) in [4.78, 5) is 0. The zero-order chi connectivity index (χ0) is 14.0. The van der Waals surface area contributed by atoms with Crippen molar-refractivity contribution in [2.45, 2.75) is 13.1 Å². The molecule has 0 radical (unpaired) electrons. The second kappa shape index (κ2) is 4.84. The molecule has 0 amide bonds. The average molecular weight is 266 g/mol. The molecule has 0 bridgehead atoms. The summed E-state index contributed by atoms with van der Waals surface area (Å²) in [5.41, 5.74) is 7.94. The summed E-state index contributed by atoms with van der Waals surface area (Å²) in [7, 11) is 0. The molecular weight excluding hydrogens is 253 g/mol. The first-order chi connectivity index (χ1) is 8.86. The van der Waals surface area contributed by atoms with E-state index in [1.165, 1.54) is 12.1 Å². The van der Waals surface area contributed by atoms with Gasteiger partial charge in [-0.05, 0) is 48.9 Å². The van der Waals surface area contributed by atoms with E-state index in [1.807, 2.05) is 13.0 Å². The molecule has 0 heterocycles. The van der Waals surface area contributed by atoms with E-state index in [-0.39, 0.29) is 0 Å². The number of benzene rings is 2.